The molecule has 1 N–H and O–H groups in total. The number of amides is 1. The van der Waals surface area contributed by atoms with Gasteiger partial charge >= 0.3 is 5.69 Å². The predicted octanol–water partition coefficient (Wildman–Crippen LogP) is 4.25. The van der Waals surface area contributed by atoms with Gasteiger partial charge in [-0.25, -0.2) is 0 Å². The number of nitro groups is 1. The van der Waals surface area contributed by atoms with Crippen molar-refractivity contribution >= 4 is 23.0 Å². The van der Waals surface area contributed by atoms with Gasteiger partial charge in [-0.1, -0.05) is 13.8 Å². The van der Waals surface area contributed by atoms with Gasteiger partial charge in [0, 0.05) is 81.8 Å². The number of likely N-dealkylation sites (tertiary alicyclic amines) is 1. The fraction of sp³-hybridized carbons (Fsp3) is 0.552. The Morgan fingerprint density at radius 1 is 1.05 bits per heavy atom. The maximum atomic E-state index is 12.9. The van der Waals surface area contributed by atoms with Gasteiger partial charge in [0.15, 0.2) is 5.75 Å². The van der Waals surface area contributed by atoms with E-state index in [9.17, 15) is 14.9 Å². The lowest BCUT2D eigenvalue weighted by Gasteiger charge is -2.37. The second-order valence-electron chi connectivity index (χ2n) is 10.7. The van der Waals surface area contributed by atoms with Gasteiger partial charge in [-0.3, -0.25) is 19.8 Å². The van der Waals surface area contributed by atoms with Crippen molar-refractivity contribution in [1.29, 1.82) is 0 Å². The number of nitrogens with one attached hydrogen (secondary N) is 1. The highest BCUT2D eigenvalue weighted by atomic mass is 16.6. The largest absolute Gasteiger partial charge is 0.493 e. The summed E-state index contributed by atoms with van der Waals surface area (Å²) in [6.07, 6.45) is 2.22. The smallest absolute Gasteiger partial charge is 0.311 e. The summed E-state index contributed by atoms with van der Waals surface area (Å²) in [5.74, 6) is 1.87. The number of carbonyl (C=O) groups is 1. The zero-order valence-corrected chi connectivity index (χ0v) is 23.3. The van der Waals surface area contributed by atoms with E-state index in [2.05, 4.69) is 41.1 Å². The van der Waals surface area contributed by atoms with E-state index in [1.807, 2.05) is 17.0 Å². The average Bonchev–Trinajstić information content (AvgIpc) is 2.95. The third-order valence-corrected chi connectivity index (χ3v) is 7.39. The maximum absolute atomic E-state index is 12.9. The summed E-state index contributed by atoms with van der Waals surface area (Å²) in [6, 6.07) is 13.4. The molecule has 39 heavy (non-hydrogen) atoms. The molecule has 0 bridgehead atoms. The third-order valence-electron chi connectivity index (χ3n) is 7.39. The summed E-state index contributed by atoms with van der Waals surface area (Å²) >= 11 is 0. The number of rotatable bonds is 11. The van der Waals surface area contributed by atoms with E-state index in [0.29, 0.717) is 25.4 Å². The molecule has 0 aliphatic carbocycles. The molecular weight excluding hydrogens is 498 g/mol. The first-order chi connectivity index (χ1) is 18.8. The highest BCUT2D eigenvalue weighted by molar-refractivity contribution is 5.76. The number of piperidine rings is 1. The van der Waals surface area contributed by atoms with Crippen LogP contribution in [-0.4, -0.2) is 86.2 Å². The van der Waals surface area contributed by atoms with E-state index in [0.717, 1.165) is 63.6 Å². The normalized spacial score (nSPS) is 16.8. The number of piperazine rings is 1. The third kappa shape index (κ3) is 7.98. The molecule has 10 heteroatoms. The van der Waals surface area contributed by atoms with Gasteiger partial charge in [0.05, 0.1) is 18.6 Å². The van der Waals surface area contributed by atoms with Crippen molar-refractivity contribution in [2.75, 3.05) is 69.7 Å². The molecule has 0 spiro atoms. The minimum Gasteiger partial charge on any atom is -0.493 e. The number of methoxy groups -OCH3 is 1. The number of nitro benzene ring substituents is 1. The molecule has 1 amide bonds. The van der Waals surface area contributed by atoms with Crippen molar-refractivity contribution in [1.82, 2.24) is 9.80 Å². The van der Waals surface area contributed by atoms with Crippen LogP contribution >= 0.6 is 0 Å². The minimum atomic E-state index is -0.449. The molecule has 212 valence electrons. The Balaban J connectivity index is 1.15. The molecule has 0 atom stereocenters. The van der Waals surface area contributed by atoms with Gasteiger partial charge in [0.25, 0.3) is 0 Å². The minimum absolute atomic E-state index is 0.0499. The maximum Gasteiger partial charge on any atom is 0.311 e. The van der Waals surface area contributed by atoms with Crippen LogP contribution in [-0.2, 0) is 4.79 Å². The van der Waals surface area contributed by atoms with Gasteiger partial charge in [0.1, 0.15) is 5.75 Å². The molecule has 0 aromatic heterocycles. The van der Waals surface area contributed by atoms with E-state index in [-0.39, 0.29) is 23.4 Å². The Hall–Kier alpha value is -3.53. The number of carbonyl (C=O) groups excluding carboxylic acids is 1. The lowest BCUT2D eigenvalue weighted by atomic mass is 10.0. The summed E-state index contributed by atoms with van der Waals surface area (Å²) in [6.45, 7) is 11.0. The Morgan fingerprint density at radius 2 is 1.74 bits per heavy atom. The molecular formula is C29H41N5O5. The van der Waals surface area contributed by atoms with Crippen molar-refractivity contribution in [3.05, 3.63) is 52.6 Å². The molecule has 2 aliphatic heterocycles. The number of anilines is 2. The van der Waals surface area contributed by atoms with Gasteiger partial charge in [-0.05, 0) is 49.1 Å². The molecule has 2 fully saturated rings. The van der Waals surface area contributed by atoms with Crippen molar-refractivity contribution in [3.63, 3.8) is 0 Å². The Labute approximate surface area is 231 Å². The average molecular weight is 540 g/mol. The second-order valence-corrected chi connectivity index (χ2v) is 10.7. The number of hydrogen-bond acceptors (Lipinski definition) is 8. The second kappa shape index (κ2) is 13.5. The molecule has 2 heterocycles. The number of ether oxygens (including phenoxy) is 2. The Morgan fingerprint density at radius 3 is 2.36 bits per heavy atom. The lowest BCUT2D eigenvalue weighted by molar-refractivity contribution is -0.385. The number of hydrogen-bond donors (Lipinski definition) is 1. The predicted molar refractivity (Wildman–Crippen MR) is 153 cm³/mol. The van der Waals surface area contributed by atoms with Gasteiger partial charge < -0.3 is 24.6 Å². The van der Waals surface area contributed by atoms with Gasteiger partial charge in [0.2, 0.25) is 5.91 Å². The molecule has 2 aromatic rings. The molecule has 0 unspecified atom stereocenters. The van der Waals surface area contributed by atoms with Crippen molar-refractivity contribution < 1.29 is 19.2 Å². The number of benzene rings is 2. The molecule has 2 saturated heterocycles. The molecule has 0 saturated carbocycles. The first-order valence-electron chi connectivity index (χ1n) is 13.9. The summed E-state index contributed by atoms with van der Waals surface area (Å²) in [4.78, 5) is 30.3. The molecule has 10 nitrogen and oxygen atoms in total. The van der Waals surface area contributed by atoms with Crippen LogP contribution < -0.4 is 19.7 Å². The SMILES string of the molecule is COc1cc(NC2CCN(C(=O)CCN3CCN(c4ccc(OCC(C)C)cc4)CC3)CC2)ccc1[N+](=O)[O-]. The molecule has 2 aliphatic rings. The highest BCUT2D eigenvalue weighted by Crippen LogP contribution is 2.30. The van der Waals surface area contributed by atoms with E-state index in [1.165, 1.54) is 18.9 Å². The Bertz CT molecular complexity index is 1090. The quantitative estimate of drug-likeness (QED) is 0.334. The fourth-order valence-electron chi connectivity index (χ4n) is 5.08. The summed E-state index contributed by atoms with van der Waals surface area (Å²) in [5.41, 5.74) is 1.95. The van der Waals surface area contributed by atoms with E-state index >= 15 is 0 Å². The van der Waals surface area contributed by atoms with Crippen LogP contribution in [0.3, 0.4) is 0 Å². The fourth-order valence-corrected chi connectivity index (χ4v) is 5.08. The highest BCUT2D eigenvalue weighted by Gasteiger charge is 2.25. The van der Waals surface area contributed by atoms with Crippen LogP contribution in [0.5, 0.6) is 11.5 Å². The zero-order chi connectivity index (χ0) is 27.8. The van der Waals surface area contributed by atoms with Crippen LogP contribution in [0.4, 0.5) is 17.1 Å². The first kappa shape index (κ1) is 28.5. The standard InChI is InChI=1S/C29H41N5O5/c1-22(2)21-39-26-7-5-25(6-8-26)32-18-16-31(17-19-32)13-12-29(35)33-14-10-23(11-15-33)30-24-4-9-27(34(36)37)28(20-24)38-3/h4-9,20,22-23,30H,10-19,21H2,1-3H3. The molecule has 2 aromatic carbocycles. The summed E-state index contributed by atoms with van der Waals surface area (Å²) in [7, 11) is 1.43. The topological polar surface area (TPSA) is 100 Å². The van der Waals surface area contributed by atoms with Gasteiger partial charge in [-0.2, -0.15) is 0 Å². The summed E-state index contributed by atoms with van der Waals surface area (Å²) in [5, 5.41) is 14.5. The molecule has 4 rings (SSSR count). The number of nitrogens with zero attached hydrogens (tertiary/aromatic N) is 4. The monoisotopic (exact) mass is 539 g/mol. The van der Waals surface area contributed by atoms with Crippen LogP contribution in [0, 0.1) is 16.0 Å². The van der Waals surface area contributed by atoms with Crippen molar-refractivity contribution in [2.45, 2.75) is 39.2 Å². The Kier molecular flexibility index (Phi) is 9.86. The van der Waals surface area contributed by atoms with Gasteiger partial charge in [-0.15, -0.1) is 0 Å². The zero-order valence-electron chi connectivity index (χ0n) is 23.3. The van der Waals surface area contributed by atoms with Crippen LogP contribution in [0.15, 0.2) is 42.5 Å². The van der Waals surface area contributed by atoms with Crippen LogP contribution in [0.25, 0.3) is 0 Å². The van der Waals surface area contributed by atoms with Crippen molar-refractivity contribution in [2.24, 2.45) is 5.92 Å². The summed E-state index contributed by atoms with van der Waals surface area (Å²) < 4.78 is 11.0. The van der Waals surface area contributed by atoms with Crippen LogP contribution in [0.1, 0.15) is 33.1 Å². The van der Waals surface area contributed by atoms with E-state index in [4.69, 9.17) is 9.47 Å². The van der Waals surface area contributed by atoms with Crippen molar-refractivity contribution in [3.8, 4) is 11.5 Å². The van der Waals surface area contributed by atoms with Crippen LogP contribution in [0.2, 0.25) is 0 Å². The first-order valence-corrected chi connectivity index (χ1v) is 13.9. The van der Waals surface area contributed by atoms with E-state index < -0.39 is 4.92 Å². The molecule has 0 radical (unpaired) electrons. The van der Waals surface area contributed by atoms with E-state index in [1.54, 1.807) is 12.1 Å². The lowest BCUT2D eigenvalue weighted by Crippen LogP contribution is -2.48.